The second-order valence-electron chi connectivity index (χ2n) is 21.2. The summed E-state index contributed by atoms with van der Waals surface area (Å²) in [6.07, 6.45) is -8.45. The standard InChI is InChI=1S/C54H86N2O18/c1-14-41-36(27-67-53-50(66-13)49(65-12)45(61)31(5)69-53)23-28(2)15-20-39(58)29(3)24-35(21-22-55-37-16-18-38(19-17-37)71-34(8)57)47(30(4)40(59)25-42(60)72-41)74-52-46(62)44(56(10)11)48(32(6)70-52)73-43-26-54(9,64)51(63)33(7)68-43/h15-20,23,29-33,35-36,40-41,43-53,55,59,61-64H,14,21-22,24-27H2,1-13H3/b20-15+,28-23+/t29-,30+,31-,32-,33+,35+,36-,40-,41-,43+,44-,45-,46-,47-,48-,49-,50-,51+,52+,53-,54-/m1/s1. The highest BCUT2D eigenvalue weighted by molar-refractivity contribution is 5.91. The summed E-state index contributed by atoms with van der Waals surface area (Å²) in [4.78, 5) is 41.6. The number of rotatable bonds is 16. The molecular formula is C54H86N2O18. The number of esters is 2. The SMILES string of the molecule is CC[C@H]1OC(=O)C[C@@H](O)[C@H](C)[C@@H](O[C@@H]2O[C@H](C)[C@@H](O[C@H]3C[C@@](C)(O)[C@@H](O)[C@H](C)O3)[C@H](N(C)C)[C@H]2O)[C@@H](CCNc2ccc(OC(C)=O)cc2)C[C@@H](C)C(=O)/C=C/C(C)=C/[C@@H]1CO[C@@H]1O[C@H](C)[C@@H](O)[C@@H](OC)[C@H]1OC. The van der Waals surface area contributed by atoms with Crippen LogP contribution in [0.15, 0.2) is 48.1 Å². The van der Waals surface area contributed by atoms with Gasteiger partial charge in [0, 0.05) is 57.6 Å². The Kier molecular flexibility index (Phi) is 23.0. The molecule has 74 heavy (non-hydrogen) atoms. The van der Waals surface area contributed by atoms with E-state index < -0.39 is 146 Å². The molecule has 4 heterocycles. The number of carbonyl (C=O) groups is 3. The summed E-state index contributed by atoms with van der Waals surface area (Å²) in [6, 6.07) is 6.13. The number of likely N-dealkylation sites (N-methyl/N-ethyl adjacent to an activating group) is 1. The summed E-state index contributed by atoms with van der Waals surface area (Å²) in [5.41, 5.74) is -0.0698. The first-order valence-corrected chi connectivity index (χ1v) is 26.1. The van der Waals surface area contributed by atoms with Gasteiger partial charge in [-0.15, -0.1) is 0 Å². The molecule has 21 atom stereocenters. The molecule has 0 bridgehead atoms. The number of carbonyl (C=O) groups excluding carboxylic acids is 3. The fourth-order valence-electron chi connectivity index (χ4n) is 10.6. The van der Waals surface area contributed by atoms with Gasteiger partial charge < -0.3 is 83.1 Å². The second-order valence-corrected chi connectivity index (χ2v) is 21.2. The molecule has 3 saturated heterocycles. The van der Waals surface area contributed by atoms with E-state index >= 15 is 0 Å². The van der Waals surface area contributed by atoms with Gasteiger partial charge in [0.25, 0.3) is 0 Å². The van der Waals surface area contributed by atoms with Crippen molar-refractivity contribution >= 4 is 23.4 Å². The number of benzene rings is 1. The second kappa shape index (κ2) is 27.7. The lowest BCUT2D eigenvalue weighted by molar-refractivity contribution is -0.342. The fraction of sp³-hybridized carbons (Fsp3) is 0.759. The molecule has 5 rings (SSSR count). The monoisotopic (exact) mass is 1050 g/mol. The van der Waals surface area contributed by atoms with E-state index in [2.05, 4.69) is 5.32 Å². The third kappa shape index (κ3) is 16.1. The number of nitrogens with one attached hydrogen (secondary N) is 1. The molecule has 0 unspecified atom stereocenters. The summed E-state index contributed by atoms with van der Waals surface area (Å²) in [5.74, 6) is -3.33. The molecule has 0 aromatic heterocycles. The summed E-state index contributed by atoms with van der Waals surface area (Å²) >= 11 is 0. The van der Waals surface area contributed by atoms with E-state index in [9.17, 15) is 39.9 Å². The molecule has 0 amide bonds. The van der Waals surface area contributed by atoms with E-state index in [0.29, 0.717) is 30.7 Å². The van der Waals surface area contributed by atoms with E-state index in [-0.39, 0.29) is 25.2 Å². The first kappa shape index (κ1) is 61.4. The Morgan fingerprint density at radius 3 is 2.12 bits per heavy atom. The topological polar surface area (TPSA) is 260 Å². The third-order valence-electron chi connectivity index (χ3n) is 15.0. The number of hydrogen-bond donors (Lipinski definition) is 6. The van der Waals surface area contributed by atoms with Gasteiger partial charge in [0.15, 0.2) is 24.7 Å². The van der Waals surface area contributed by atoms with E-state index in [1.807, 2.05) is 26.8 Å². The fourth-order valence-corrected chi connectivity index (χ4v) is 10.6. The Morgan fingerprint density at radius 2 is 1.51 bits per heavy atom. The van der Waals surface area contributed by atoms with Crippen molar-refractivity contribution in [3.63, 3.8) is 0 Å². The van der Waals surface area contributed by atoms with Crippen LogP contribution in [0.25, 0.3) is 0 Å². The number of methoxy groups -OCH3 is 2. The minimum absolute atomic E-state index is 0.00919. The van der Waals surface area contributed by atoms with Crippen molar-refractivity contribution in [3.8, 4) is 5.75 Å². The molecule has 3 fully saturated rings. The average molecular weight is 1050 g/mol. The number of hydrogen-bond acceptors (Lipinski definition) is 20. The Bertz CT molecular complexity index is 2000. The molecule has 0 aliphatic carbocycles. The number of anilines is 1. The Balaban J connectivity index is 1.47. The normalized spacial score (nSPS) is 41.2. The van der Waals surface area contributed by atoms with E-state index in [1.54, 1.807) is 77.0 Å². The van der Waals surface area contributed by atoms with Gasteiger partial charge in [-0.2, -0.15) is 0 Å². The summed E-state index contributed by atoms with van der Waals surface area (Å²) < 4.78 is 60.8. The van der Waals surface area contributed by atoms with Gasteiger partial charge in [-0.25, -0.2) is 0 Å². The Morgan fingerprint density at radius 1 is 0.851 bits per heavy atom. The van der Waals surface area contributed by atoms with Gasteiger partial charge >= 0.3 is 11.9 Å². The van der Waals surface area contributed by atoms with Crippen LogP contribution in [0.4, 0.5) is 5.69 Å². The van der Waals surface area contributed by atoms with Crippen molar-refractivity contribution in [2.24, 2.45) is 23.7 Å². The largest absolute Gasteiger partial charge is 0.462 e. The minimum atomic E-state index is -1.50. The van der Waals surface area contributed by atoms with Crippen molar-refractivity contribution in [2.45, 2.75) is 198 Å². The van der Waals surface area contributed by atoms with Crippen LogP contribution in [0.5, 0.6) is 5.75 Å². The lowest BCUT2D eigenvalue weighted by atomic mass is 9.79. The molecular weight excluding hydrogens is 965 g/mol. The highest BCUT2D eigenvalue weighted by Crippen LogP contribution is 2.38. The van der Waals surface area contributed by atoms with Crippen molar-refractivity contribution in [2.75, 3.05) is 46.8 Å². The molecule has 6 N–H and O–H groups in total. The van der Waals surface area contributed by atoms with Crippen molar-refractivity contribution in [1.82, 2.24) is 4.90 Å². The molecule has 1 aromatic carbocycles. The van der Waals surface area contributed by atoms with Crippen LogP contribution in [-0.2, 0) is 57.0 Å². The zero-order valence-corrected chi connectivity index (χ0v) is 45.5. The maximum atomic E-state index is 14.2. The third-order valence-corrected chi connectivity index (χ3v) is 15.0. The van der Waals surface area contributed by atoms with Crippen LogP contribution >= 0.6 is 0 Å². The number of aliphatic hydroxyl groups excluding tert-OH is 4. The first-order valence-electron chi connectivity index (χ1n) is 26.1. The van der Waals surface area contributed by atoms with Gasteiger partial charge in [0.05, 0.1) is 55.2 Å². The lowest BCUT2D eigenvalue weighted by Crippen LogP contribution is -2.65. The molecule has 0 spiro atoms. The molecule has 4 aliphatic heterocycles. The summed E-state index contributed by atoms with van der Waals surface area (Å²) in [6.45, 7) is 15.6. The number of allylic oxidation sites excluding steroid dienone is 3. The van der Waals surface area contributed by atoms with Gasteiger partial charge in [-0.1, -0.05) is 38.5 Å². The van der Waals surface area contributed by atoms with Gasteiger partial charge in [0.2, 0.25) is 0 Å². The van der Waals surface area contributed by atoms with Crippen LogP contribution < -0.4 is 10.1 Å². The number of nitrogens with zero attached hydrogens (tertiary/aromatic N) is 1. The van der Waals surface area contributed by atoms with Gasteiger partial charge in [0.1, 0.15) is 48.5 Å². The van der Waals surface area contributed by atoms with Gasteiger partial charge in [-0.05, 0) is 104 Å². The van der Waals surface area contributed by atoms with Crippen molar-refractivity contribution < 1.29 is 87.3 Å². The van der Waals surface area contributed by atoms with Crippen LogP contribution in [0.3, 0.4) is 0 Å². The van der Waals surface area contributed by atoms with Gasteiger partial charge in [-0.3, -0.25) is 14.4 Å². The molecule has 420 valence electrons. The maximum Gasteiger partial charge on any atom is 0.308 e. The molecule has 0 saturated carbocycles. The van der Waals surface area contributed by atoms with E-state index in [0.717, 1.165) is 5.69 Å². The quantitative estimate of drug-likeness (QED) is 0.102. The van der Waals surface area contributed by atoms with Crippen LogP contribution in [0.1, 0.15) is 94.4 Å². The Hall–Kier alpha value is -3.45. The van der Waals surface area contributed by atoms with Crippen LogP contribution in [0, 0.1) is 23.7 Å². The maximum absolute atomic E-state index is 14.2. The minimum Gasteiger partial charge on any atom is -0.462 e. The number of aliphatic hydroxyl groups is 5. The smallest absolute Gasteiger partial charge is 0.308 e. The summed E-state index contributed by atoms with van der Waals surface area (Å²) in [5, 5.41) is 60.2. The number of ketones is 1. The molecule has 4 aliphatic rings. The molecule has 0 radical (unpaired) electrons. The number of cyclic esters (lactones) is 1. The highest BCUT2D eigenvalue weighted by Gasteiger charge is 2.52. The van der Waals surface area contributed by atoms with Crippen LogP contribution in [0.2, 0.25) is 0 Å². The molecule has 1 aromatic rings. The lowest BCUT2D eigenvalue weighted by Gasteiger charge is -2.50. The van der Waals surface area contributed by atoms with Crippen LogP contribution in [-0.4, -0.2) is 193 Å². The predicted molar refractivity (Wildman–Crippen MR) is 271 cm³/mol. The first-order chi connectivity index (χ1) is 34.9. The van der Waals surface area contributed by atoms with E-state index in [4.69, 9.17) is 47.4 Å². The average Bonchev–Trinajstić information content (AvgIpc) is 3.33. The summed E-state index contributed by atoms with van der Waals surface area (Å²) in [7, 11) is 6.50. The van der Waals surface area contributed by atoms with Crippen molar-refractivity contribution in [3.05, 3.63) is 48.1 Å². The zero-order valence-electron chi connectivity index (χ0n) is 45.5. The Labute approximate surface area is 436 Å². The van der Waals surface area contributed by atoms with Crippen molar-refractivity contribution in [1.29, 1.82) is 0 Å². The number of ether oxygens (including phenoxy) is 10. The predicted octanol–water partition coefficient (Wildman–Crippen LogP) is 3.67. The highest BCUT2D eigenvalue weighted by atomic mass is 16.7. The zero-order chi connectivity index (χ0) is 54.8. The molecule has 20 heteroatoms. The van der Waals surface area contributed by atoms with E-state index in [1.165, 1.54) is 34.1 Å². The molecule has 20 nitrogen and oxygen atoms in total.